The third kappa shape index (κ3) is 9.61. The van der Waals surface area contributed by atoms with Crippen molar-refractivity contribution in [3.8, 4) is 40.6 Å². The van der Waals surface area contributed by atoms with Gasteiger partial charge >= 0.3 is 5.97 Å². The number of piperidine rings is 1. The van der Waals surface area contributed by atoms with Crippen molar-refractivity contribution in [3.63, 3.8) is 0 Å². The minimum absolute atomic E-state index is 0.0642. The number of carbonyl (C=O) groups is 1. The van der Waals surface area contributed by atoms with E-state index in [9.17, 15) is 20.1 Å². The summed E-state index contributed by atoms with van der Waals surface area (Å²) in [6.45, 7) is 2.24. The van der Waals surface area contributed by atoms with Gasteiger partial charge in [0.1, 0.15) is 24.2 Å². The van der Waals surface area contributed by atoms with Gasteiger partial charge < -0.3 is 55.5 Å². The standard InChI is InChI=1S/C56H62N8O8/c1-33(65)70-39-29-48(72-49(30-39)38-27-46(67)53(68)51(28-38)69-23-17-35-7-4-19-58-31-35)37-8-2-9-41-47(71-50-25-36(24-37)11-14-45(50)66)10-3-18-56(41)42-12-13-44-40-16-22-59-43(40)32-64(44)54(42)62-55(63-56)61-20-5-6-34-15-21-60-52(57)26-34/h4,7,11,14-16,19,21-22,25-28,31-32,37,39,41-42,44,47-49,54,66-68H,3,5-6,8,10,12-13,17-18,20,23-24,29-30H2,1H3,(H2,57,60)(H2,61,62,63). The average molecular weight is 975 g/mol. The van der Waals surface area contributed by atoms with E-state index in [1.807, 2.05) is 42.6 Å². The van der Waals surface area contributed by atoms with E-state index in [-0.39, 0.29) is 65.7 Å². The van der Waals surface area contributed by atoms with E-state index < -0.39 is 29.8 Å². The van der Waals surface area contributed by atoms with Gasteiger partial charge in [-0.1, -0.05) is 18.1 Å². The molecule has 1 saturated carbocycles. The van der Waals surface area contributed by atoms with Crippen molar-refractivity contribution < 1.29 is 39.1 Å². The molecule has 0 amide bonds. The van der Waals surface area contributed by atoms with Gasteiger partial charge in [-0.2, -0.15) is 0 Å². The van der Waals surface area contributed by atoms with Crippen molar-refractivity contribution >= 4 is 24.0 Å². The minimum atomic E-state index is -0.621. The van der Waals surface area contributed by atoms with E-state index >= 15 is 0 Å². The molecule has 2 bridgehead atoms. The van der Waals surface area contributed by atoms with Crippen LogP contribution >= 0.6 is 0 Å². The SMILES string of the molecule is CC(=O)OC1CC(c2cc(O)c(O)c(OCCc3cccnc3)c2)OC(C2CC#CC3C(CCCC34NC(=NCCCc3ccnc(N)c3)NC3C4CCC4C5=CC=NC5=CN43)Oc3cc(ccc3O)C2)C1. The topological polar surface area (TPSA) is 218 Å². The molecule has 374 valence electrons. The number of nitrogens with zero attached hydrogens (tertiary/aromatic N) is 5. The molecule has 7 aliphatic rings. The largest absolute Gasteiger partial charge is 0.504 e. The van der Waals surface area contributed by atoms with Gasteiger partial charge in [-0.05, 0) is 122 Å². The van der Waals surface area contributed by atoms with Gasteiger partial charge in [0.15, 0.2) is 29.0 Å². The fourth-order valence-corrected chi connectivity index (χ4v) is 12.4. The lowest BCUT2D eigenvalue weighted by molar-refractivity contribution is -0.164. The Morgan fingerprint density at radius 2 is 1.94 bits per heavy atom. The average Bonchev–Trinajstić information content (AvgIpc) is 3.98. The van der Waals surface area contributed by atoms with E-state index in [0.29, 0.717) is 55.8 Å². The summed E-state index contributed by atoms with van der Waals surface area (Å²) < 4.78 is 26.0. The van der Waals surface area contributed by atoms with Crippen LogP contribution in [0.15, 0.2) is 107 Å². The highest BCUT2D eigenvalue weighted by Gasteiger charge is 2.60. The molecule has 2 aromatic heterocycles. The molecule has 7 N–H and O–H groups in total. The number of guanidine groups is 1. The number of rotatable bonds is 11. The first-order valence-corrected chi connectivity index (χ1v) is 25.5. The molecule has 1 spiro atoms. The van der Waals surface area contributed by atoms with E-state index in [1.54, 1.807) is 30.7 Å². The highest BCUT2D eigenvalue weighted by molar-refractivity contribution is 5.83. The number of esters is 1. The lowest BCUT2D eigenvalue weighted by atomic mass is 9.60. The number of carbonyl (C=O) groups excluding carboxylic acids is 1. The molecule has 1 aliphatic carbocycles. The van der Waals surface area contributed by atoms with Gasteiger partial charge in [0, 0.05) is 87.6 Å². The molecule has 10 unspecified atom stereocenters. The number of nitrogens with one attached hydrogen (secondary N) is 2. The predicted octanol–water partition coefficient (Wildman–Crippen LogP) is 6.96. The van der Waals surface area contributed by atoms with Crippen LogP contribution in [0.5, 0.6) is 28.7 Å². The maximum Gasteiger partial charge on any atom is 0.302 e. The van der Waals surface area contributed by atoms with Gasteiger partial charge in [0.25, 0.3) is 0 Å². The molecule has 11 rings (SSSR count). The Labute approximate surface area is 419 Å². The first-order chi connectivity index (χ1) is 35.1. The quantitative estimate of drug-likeness (QED) is 0.0388. The van der Waals surface area contributed by atoms with Crippen LogP contribution in [0, 0.1) is 29.6 Å². The Balaban J connectivity index is 0.915. The number of pyridine rings is 2. The number of hydrogen-bond acceptors (Lipinski definition) is 14. The molecule has 10 atom stereocenters. The van der Waals surface area contributed by atoms with Crippen LogP contribution in [0.3, 0.4) is 0 Å². The van der Waals surface area contributed by atoms with Crippen LogP contribution in [-0.2, 0) is 33.5 Å². The summed E-state index contributed by atoms with van der Waals surface area (Å²) in [7, 11) is 0. The Bertz CT molecular complexity index is 2880. The Hall–Kier alpha value is -7.25. The zero-order chi connectivity index (χ0) is 49.3. The summed E-state index contributed by atoms with van der Waals surface area (Å²) in [5.74, 6) is 7.93. The smallest absolute Gasteiger partial charge is 0.302 e. The Morgan fingerprint density at radius 3 is 2.81 bits per heavy atom. The molecule has 0 radical (unpaired) electrons. The van der Waals surface area contributed by atoms with Crippen molar-refractivity contribution in [3.05, 3.63) is 119 Å². The summed E-state index contributed by atoms with van der Waals surface area (Å²) in [6, 6.07) is 16.7. The molecule has 6 aliphatic heterocycles. The minimum Gasteiger partial charge on any atom is -0.504 e. The summed E-state index contributed by atoms with van der Waals surface area (Å²) in [5, 5.41) is 41.3. The van der Waals surface area contributed by atoms with Crippen LogP contribution in [0.1, 0.15) is 93.1 Å². The van der Waals surface area contributed by atoms with Crippen molar-refractivity contribution in [2.24, 2.45) is 27.7 Å². The molecule has 8 heterocycles. The van der Waals surface area contributed by atoms with Crippen LogP contribution in [-0.4, -0.2) is 97.5 Å². The molecule has 72 heavy (non-hydrogen) atoms. The molecule has 2 aromatic carbocycles. The van der Waals surface area contributed by atoms with E-state index in [0.717, 1.165) is 73.3 Å². The second-order valence-corrected chi connectivity index (χ2v) is 20.3. The second-order valence-electron chi connectivity index (χ2n) is 20.3. The molecule has 3 saturated heterocycles. The number of anilines is 1. The van der Waals surface area contributed by atoms with Crippen LogP contribution in [0.2, 0.25) is 0 Å². The van der Waals surface area contributed by atoms with Crippen LogP contribution < -0.4 is 25.8 Å². The lowest BCUT2D eigenvalue weighted by Gasteiger charge is -2.60. The van der Waals surface area contributed by atoms with Gasteiger partial charge in [-0.25, -0.2) is 4.98 Å². The maximum atomic E-state index is 12.6. The zero-order valence-corrected chi connectivity index (χ0v) is 40.5. The third-order valence-corrected chi connectivity index (χ3v) is 15.7. The van der Waals surface area contributed by atoms with E-state index in [2.05, 4.69) is 49.6 Å². The normalized spacial score (nSPS) is 29.5. The Kier molecular flexibility index (Phi) is 13.1. The monoisotopic (exact) mass is 974 g/mol. The number of phenols is 3. The number of ether oxygens (including phenoxy) is 4. The molecule has 16 nitrogen and oxygen atoms in total. The zero-order valence-electron chi connectivity index (χ0n) is 40.5. The van der Waals surface area contributed by atoms with Crippen molar-refractivity contribution in [1.29, 1.82) is 0 Å². The third-order valence-electron chi connectivity index (χ3n) is 15.7. The van der Waals surface area contributed by atoms with E-state index in [1.165, 1.54) is 18.6 Å². The van der Waals surface area contributed by atoms with Crippen LogP contribution in [0.25, 0.3) is 0 Å². The fourth-order valence-electron chi connectivity index (χ4n) is 12.4. The van der Waals surface area contributed by atoms with Gasteiger partial charge in [-0.15, -0.1) is 5.92 Å². The van der Waals surface area contributed by atoms with Crippen molar-refractivity contribution in [2.75, 3.05) is 18.9 Å². The van der Waals surface area contributed by atoms with Crippen molar-refractivity contribution in [1.82, 2.24) is 25.5 Å². The number of fused-ring (bicyclic) bond motifs is 10. The number of aromatic hydroxyl groups is 3. The summed E-state index contributed by atoms with van der Waals surface area (Å²) in [6.07, 6.45) is 17.8. The highest BCUT2D eigenvalue weighted by atomic mass is 16.6. The molecular weight excluding hydrogens is 913 g/mol. The number of nitrogens with two attached hydrogens (primary N) is 1. The van der Waals surface area contributed by atoms with Crippen LogP contribution in [0.4, 0.5) is 5.82 Å². The number of aryl methyl sites for hydroxylation is 1. The second kappa shape index (κ2) is 20.1. The van der Waals surface area contributed by atoms with Crippen molar-refractivity contribution in [2.45, 2.75) is 126 Å². The number of hydrogen-bond donors (Lipinski definition) is 6. The first kappa shape index (κ1) is 47.1. The van der Waals surface area contributed by atoms with Gasteiger partial charge in [-0.3, -0.25) is 19.8 Å². The lowest BCUT2D eigenvalue weighted by Crippen LogP contribution is -2.77. The van der Waals surface area contributed by atoms with E-state index in [4.69, 9.17) is 34.7 Å². The number of aliphatic imine (C=N–C) groups is 2. The number of benzene rings is 2. The highest BCUT2D eigenvalue weighted by Crippen LogP contribution is 2.52. The molecule has 4 aromatic rings. The number of aromatic nitrogens is 2. The first-order valence-electron chi connectivity index (χ1n) is 25.5. The molecular formula is C56H62N8O8. The van der Waals surface area contributed by atoms with Gasteiger partial charge in [0.05, 0.1) is 42.0 Å². The summed E-state index contributed by atoms with van der Waals surface area (Å²) in [4.78, 5) is 33.3. The predicted molar refractivity (Wildman–Crippen MR) is 270 cm³/mol. The number of phenolic OH excluding ortho intramolecular Hbond substituents is 3. The fraction of sp³-hybridized carbons (Fsp3) is 0.446. The Morgan fingerprint density at radius 1 is 1.03 bits per heavy atom. The number of nitrogen functional groups attached to an aromatic ring is 1. The molecule has 4 fully saturated rings. The molecule has 16 heteroatoms. The summed E-state index contributed by atoms with van der Waals surface area (Å²) >= 11 is 0. The van der Waals surface area contributed by atoms with Gasteiger partial charge in [0.2, 0.25) is 5.75 Å². The number of allylic oxidation sites excluding steroid dienone is 1. The maximum absolute atomic E-state index is 12.6. The summed E-state index contributed by atoms with van der Waals surface area (Å²) in [5.41, 5.74) is 11.4.